The number of rotatable bonds is 5. The van der Waals surface area contributed by atoms with E-state index in [4.69, 9.17) is 16.3 Å². The summed E-state index contributed by atoms with van der Waals surface area (Å²) in [5, 5.41) is 2.32. The lowest BCUT2D eigenvalue weighted by Crippen LogP contribution is -2.21. The van der Waals surface area contributed by atoms with Gasteiger partial charge >= 0.3 is 5.97 Å². The fourth-order valence-corrected chi connectivity index (χ4v) is 2.41. The molecule has 0 saturated carbocycles. The lowest BCUT2D eigenvalue weighted by Gasteiger charge is -2.09. The van der Waals surface area contributed by atoms with Crippen molar-refractivity contribution in [2.24, 2.45) is 0 Å². The van der Waals surface area contributed by atoms with Gasteiger partial charge < -0.3 is 10.1 Å². The predicted octanol–water partition coefficient (Wildman–Crippen LogP) is 4.14. The number of carbonyl (C=O) groups is 2. The summed E-state index contributed by atoms with van der Waals surface area (Å²) in [5.74, 6) is -3.09. The second kappa shape index (κ2) is 8.12. The number of thioether (sulfide) groups is 1. The van der Waals surface area contributed by atoms with Crippen LogP contribution in [0.3, 0.4) is 0 Å². The van der Waals surface area contributed by atoms with Crippen molar-refractivity contribution >= 4 is 40.9 Å². The van der Waals surface area contributed by atoms with Gasteiger partial charge in [0.15, 0.2) is 6.61 Å². The number of anilines is 1. The highest BCUT2D eigenvalue weighted by Crippen LogP contribution is 2.23. The zero-order chi connectivity index (χ0) is 17.7. The van der Waals surface area contributed by atoms with Crippen LogP contribution in [0, 0.1) is 11.6 Å². The van der Waals surface area contributed by atoms with Gasteiger partial charge in [-0.15, -0.1) is 11.8 Å². The first-order valence-electron chi connectivity index (χ1n) is 6.66. The van der Waals surface area contributed by atoms with Gasteiger partial charge in [-0.25, -0.2) is 13.6 Å². The first kappa shape index (κ1) is 18.2. The zero-order valence-corrected chi connectivity index (χ0v) is 14.0. The van der Waals surface area contributed by atoms with Crippen molar-refractivity contribution in [1.29, 1.82) is 0 Å². The number of hydrogen-bond acceptors (Lipinski definition) is 4. The van der Waals surface area contributed by atoms with Crippen LogP contribution in [0.4, 0.5) is 14.5 Å². The SMILES string of the molecule is CSc1ccc(Cl)c(C(=O)OCC(=O)Nc2cc(F)ccc2F)c1. The van der Waals surface area contributed by atoms with Crippen molar-refractivity contribution in [3.63, 3.8) is 0 Å². The molecule has 2 aromatic rings. The van der Waals surface area contributed by atoms with Gasteiger partial charge in [0.05, 0.1) is 16.3 Å². The molecule has 0 aliphatic heterocycles. The summed E-state index contributed by atoms with van der Waals surface area (Å²) in [7, 11) is 0. The molecule has 0 heterocycles. The molecule has 2 aromatic carbocycles. The molecule has 0 fully saturated rings. The first-order valence-corrected chi connectivity index (χ1v) is 8.26. The second-order valence-corrected chi connectivity index (χ2v) is 5.88. The average molecular weight is 372 g/mol. The largest absolute Gasteiger partial charge is 0.452 e. The molecule has 8 heteroatoms. The average Bonchev–Trinajstić information content (AvgIpc) is 2.56. The highest BCUT2D eigenvalue weighted by atomic mass is 35.5. The third kappa shape index (κ3) is 4.69. The van der Waals surface area contributed by atoms with Crippen molar-refractivity contribution in [3.05, 3.63) is 58.6 Å². The van der Waals surface area contributed by atoms with E-state index in [1.807, 2.05) is 6.26 Å². The fourth-order valence-electron chi connectivity index (χ4n) is 1.78. The van der Waals surface area contributed by atoms with Gasteiger partial charge in [-0.3, -0.25) is 4.79 Å². The van der Waals surface area contributed by atoms with E-state index in [2.05, 4.69) is 5.32 Å². The number of esters is 1. The summed E-state index contributed by atoms with van der Waals surface area (Å²) in [5.41, 5.74) is -0.216. The van der Waals surface area contributed by atoms with Crippen molar-refractivity contribution < 1.29 is 23.1 Å². The van der Waals surface area contributed by atoms with Gasteiger partial charge in [-0.2, -0.15) is 0 Å². The Morgan fingerprint density at radius 2 is 1.96 bits per heavy atom. The summed E-state index contributed by atoms with van der Waals surface area (Å²) in [6, 6.07) is 7.46. The molecule has 2 rings (SSSR count). The minimum atomic E-state index is -0.801. The van der Waals surface area contributed by atoms with Crippen LogP contribution in [0.5, 0.6) is 0 Å². The molecule has 126 valence electrons. The highest BCUT2D eigenvalue weighted by molar-refractivity contribution is 7.98. The molecular weight excluding hydrogens is 360 g/mol. The third-order valence-corrected chi connectivity index (χ3v) is 3.99. The van der Waals surface area contributed by atoms with E-state index in [-0.39, 0.29) is 16.3 Å². The standard InChI is InChI=1S/C16H12ClF2NO3S/c1-24-10-3-4-12(17)11(7-10)16(22)23-8-15(21)20-14-6-9(18)2-5-13(14)19/h2-7H,8H2,1H3,(H,20,21). The van der Waals surface area contributed by atoms with Gasteiger partial charge in [0.25, 0.3) is 5.91 Å². The highest BCUT2D eigenvalue weighted by Gasteiger charge is 2.15. The van der Waals surface area contributed by atoms with Crippen molar-refractivity contribution in [2.45, 2.75) is 4.90 Å². The lowest BCUT2D eigenvalue weighted by atomic mass is 10.2. The first-order chi connectivity index (χ1) is 11.4. The van der Waals surface area contributed by atoms with E-state index < -0.39 is 30.1 Å². The van der Waals surface area contributed by atoms with E-state index in [1.54, 1.807) is 18.2 Å². The molecule has 0 atom stereocenters. The minimum Gasteiger partial charge on any atom is -0.452 e. The number of ether oxygens (including phenoxy) is 1. The maximum Gasteiger partial charge on any atom is 0.340 e. The van der Waals surface area contributed by atoms with Crippen LogP contribution >= 0.6 is 23.4 Å². The molecule has 0 bridgehead atoms. The smallest absolute Gasteiger partial charge is 0.340 e. The lowest BCUT2D eigenvalue weighted by molar-refractivity contribution is -0.119. The Morgan fingerprint density at radius 1 is 1.21 bits per heavy atom. The number of halogens is 3. The third-order valence-electron chi connectivity index (χ3n) is 2.93. The Kier molecular flexibility index (Phi) is 6.16. The molecule has 0 saturated heterocycles. The van der Waals surface area contributed by atoms with Crippen LogP contribution in [-0.2, 0) is 9.53 Å². The summed E-state index contributed by atoms with van der Waals surface area (Å²) in [4.78, 5) is 24.5. The van der Waals surface area contributed by atoms with E-state index in [9.17, 15) is 18.4 Å². The van der Waals surface area contributed by atoms with Crippen molar-refractivity contribution in [2.75, 3.05) is 18.2 Å². The predicted molar refractivity (Wildman–Crippen MR) is 88.5 cm³/mol. The van der Waals surface area contributed by atoms with Crippen LogP contribution in [0.25, 0.3) is 0 Å². The second-order valence-electron chi connectivity index (χ2n) is 4.59. The van der Waals surface area contributed by atoms with Crippen LogP contribution < -0.4 is 5.32 Å². The maximum atomic E-state index is 13.4. The van der Waals surface area contributed by atoms with Crippen LogP contribution in [0.15, 0.2) is 41.3 Å². The van der Waals surface area contributed by atoms with E-state index in [0.29, 0.717) is 0 Å². The summed E-state index contributed by atoms with van der Waals surface area (Å²) < 4.78 is 31.3. The number of amides is 1. The monoisotopic (exact) mass is 371 g/mol. The molecule has 1 amide bonds. The van der Waals surface area contributed by atoms with Gasteiger partial charge in [0.1, 0.15) is 11.6 Å². The molecule has 0 unspecified atom stereocenters. The van der Waals surface area contributed by atoms with Crippen LogP contribution in [-0.4, -0.2) is 24.7 Å². The molecular formula is C16H12ClF2NO3S. The fraction of sp³-hybridized carbons (Fsp3) is 0.125. The quantitative estimate of drug-likeness (QED) is 0.634. The maximum absolute atomic E-state index is 13.4. The van der Waals surface area contributed by atoms with Crippen molar-refractivity contribution in [3.8, 4) is 0 Å². The normalized spacial score (nSPS) is 10.3. The molecule has 24 heavy (non-hydrogen) atoms. The number of benzene rings is 2. The zero-order valence-electron chi connectivity index (χ0n) is 12.4. The molecule has 0 aromatic heterocycles. The van der Waals surface area contributed by atoms with Crippen LogP contribution in [0.1, 0.15) is 10.4 Å². The van der Waals surface area contributed by atoms with E-state index in [0.717, 1.165) is 23.1 Å². The molecule has 1 N–H and O–H groups in total. The number of hydrogen-bond donors (Lipinski definition) is 1. The molecule has 4 nitrogen and oxygen atoms in total. The van der Waals surface area contributed by atoms with Gasteiger partial charge in [0, 0.05) is 11.0 Å². The van der Waals surface area contributed by atoms with Gasteiger partial charge in [0.2, 0.25) is 0 Å². The Hall–Kier alpha value is -2.12. The Labute approximate surface area is 146 Å². The summed E-state index contributed by atoms with van der Waals surface area (Å²) in [6.07, 6.45) is 1.83. The Bertz CT molecular complexity index is 786. The molecule has 0 spiro atoms. The molecule has 0 radical (unpaired) electrons. The number of nitrogens with one attached hydrogen (secondary N) is 1. The van der Waals surface area contributed by atoms with Crippen LogP contribution in [0.2, 0.25) is 5.02 Å². The molecule has 0 aliphatic carbocycles. The molecule has 0 aliphatic rings. The topological polar surface area (TPSA) is 55.4 Å². The van der Waals surface area contributed by atoms with Gasteiger partial charge in [-0.1, -0.05) is 11.6 Å². The Morgan fingerprint density at radius 3 is 2.67 bits per heavy atom. The van der Waals surface area contributed by atoms with Crippen molar-refractivity contribution in [1.82, 2.24) is 0 Å². The summed E-state index contributed by atoms with van der Waals surface area (Å²) >= 11 is 7.34. The number of carbonyl (C=O) groups excluding carboxylic acids is 2. The minimum absolute atomic E-state index is 0.119. The van der Waals surface area contributed by atoms with E-state index in [1.165, 1.54) is 11.8 Å². The van der Waals surface area contributed by atoms with E-state index >= 15 is 0 Å². The van der Waals surface area contributed by atoms with Gasteiger partial charge in [-0.05, 0) is 36.6 Å². The Balaban J connectivity index is 1.99. The summed E-state index contributed by atoms with van der Waals surface area (Å²) in [6.45, 7) is -0.658.